The predicted octanol–water partition coefficient (Wildman–Crippen LogP) is 3.94. The van der Waals surface area contributed by atoms with Gasteiger partial charge in [0.1, 0.15) is 30.3 Å². The van der Waals surface area contributed by atoms with Gasteiger partial charge in [0.25, 0.3) is 0 Å². The van der Waals surface area contributed by atoms with Crippen LogP contribution in [0.3, 0.4) is 0 Å². The lowest BCUT2D eigenvalue weighted by molar-refractivity contribution is 0.290. The molecule has 0 atom stereocenters. The number of para-hydroxylation sites is 1. The molecule has 0 fully saturated rings. The smallest absolute Gasteiger partial charge is 0.137 e. The minimum Gasteiger partial charge on any atom is -0.493 e. The van der Waals surface area contributed by atoms with Crippen LogP contribution >= 0.6 is 0 Å². The zero-order chi connectivity index (χ0) is 18.3. The molecule has 0 amide bonds. The summed E-state index contributed by atoms with van der Waals surface area (Å²) in [4.78, 5) is 8.73. The third-order valence-electron chi connectivity index (χ3n) is 4.14. The molecule has 0 aliphatic heterocycles. The van der Waals surface area contributed by atoms with Crippen molar-refractivity contribution in [1.29, 1.82) is 0 Å². The van der Waals surface area contributed by atoms with Gasteiger partial charge in [-0.15, -0.1) is 0 Å². The predicted molar refractivity (Wildman–Crippen MR) is 103 cm³/mol. The van der Waals surface area contributed by atoms with Gasteiger partial charge in [-0.2, -0.15) is 5.10 Å². The molecule has 0 aliphatic rings. The van der Waals surface area contributed by atoms with Gasteiger partial charge in [0.15, 0.2) is 0 Å². The van der Waals surface area contributed by atoms with Gasteiger partial charge in [-0.05, 0) is 30.7 Å². The van der Waals surface area contributed by atoms with Crippen LogP contribution in [0.5, 0.6) is 11.5 Å². The van der Waals surface area contributed by atoms with Gasteiger partial charge in [0.05, 0.1) is 17.8 Å². The molecule has 6 heteroatoms. The van der Waals surface area contributed by atoms with Crippen molar-refractivity contribution in [1.82, 2.24) is 20.2 Å². The van der Waals surface area contributed by atoms with Crippen LogP contribution in [0.15, 0.2) is 67.0 Å². The highest BCUT2D eigenvalue weighted by molar-refractivity contribution is 5.78. The maximum Gasteiger partial charge on any atom is 0.137 e. The van der Waals surface area contributed by atoms with E-state index in [9.17, 15) is 0 Å². The van der Waals surface area contributed by atoms with Gasteiger partial charge in [-0.1, -0.05) is 30.3 Å². The first-order chi connectivity index (χ1) is 13.4. The van der Waals surface area contributed by atoms with Crippen LogP contribution in [-0.2, 0) is 13.0 Å². The molecule has 4 rings (SSSR count). The lowest BCUT2D eigenvalue weighted by Crippen LogP contribution is -2.01. The fourth-order valence-electron chi connectivity index (χ4n) is 2.78. The Balaban J connectivity index is 1.30. The van der Waals surface area contributed by atoms with Gasteiger partial charge in [0.2, 0.25) is 0 Å². The van der Waals surface area contributed by atoms with Crippen LogP contribution in [0.2, 0.25) is 0 Å². The van der Waals surface area contributed by atoms with Gasteiger partial charge in [-0.3, -0.25) is 5.10 Å². The highest BCUT2D eigenvalue weighted by Gasteiger charge is 2.02. The lowest BCUT2D eigenvalue weighted by Gasteiger charge is -2.09. The first-order valence-electron chi connectivity index (χ1n) is 8.91. The third kappa shape index (κ3) is 4.61. The van der Waals surface area contributed by atoms with E-state index < -0.39 is 0 Å². The normalized spacial score (nSPS) is 10.8. The minimum absolute atomic E-state index is 0.416. The highest BCUT2D eigenvalue weighted by atomic mass is 16.5. The van der Waals surface area contributed by atoms with Crippen LogP contribution in [0.25, 0.3) is 10.9 Å². The van der Waals surface area contributed by atoms with E-state index in [0.29, 0.717) is 13.2 Å². The van der Waals surface area contributed by atoms with E-state index in [1.54, 1.807) is 0 Å². The number of H-pyrrole nitrogens is 1. The Kier molecular flexibility index (Phi) is 5.24. The van der Waals surface area contributed by atoms with Gasteiger partial charge in [0, 0.05) is 17.9 Å². The molecule has 0 aliphatic carbocycles. The molecule has 2 heterocycles. The molecule has 0 spiro atoms. The van der Waals surface area contributed by atoms with Crippen molar-refractivity contribution < 1.29 is 9.47 Å². The number of fused-ring (bicyclic) bond motifs is 1. The van der Waals surface area contributed by atoms with Crippen LogP contribution in [-0.4, -0.2) is 26.8 Å². The molecular formula is C21H20N4O2. The third-order valence-corrected chi connectivity index (χ3v) is 4.14. The Hall–Kier alpha value is -3.41. The first kappa shape index (κ1) is 17.0. The highest BCUT2D eigenvalue weighted by Crippen LogP contribution is 2.21. The van der Waals surface area contributed by atoms with Crippen LogP contribution in [0.4, 0.5) is 0 Å². The van der Waals surface area contributed by atoms with Crippen LogP contribution in [0, 0.1) is 0 Å². The Bertz CT molecular complexity index is 1000. The molecule has 0 saturated carbocycles. The summed E-state index contributed by atoms with van der Waals surface area (Å²) in [5, 5.41) is 7.81. The zero-order valence-electron chi connectivity index (χ0n) is 14.8. The Labute approximate surface area is 157 Å². The number of nitrogens with zero attached hydrogens (tertiary/aromatic N) is 3. The summed E-state index contributed by atoms with van der Waals surface area (Å²) in [5.41, 5.74) is 1.87. The average Bonchev–Trinajstić information content (AvgIpc) is 3.23. The van der Waals surface area contributed by atoms with E-state index in [-0.39, 0.29) is 0 Å². The second kappa shape index (κ2) is 8.31. The molecule has 0 bridgehead atoms. The molecule has 0 saturated heterocycles. The minimum atomic E-state index is 0.416. The van der Waals surface area contributed by atoms with Gasteiger partial charge < -0.3 is 9.47 Å². The van der Waals surface area contributed by atoms with Crippen molar-refractivity contribution in [2.75, 3.05) is 6.61 Å². The van der Waals surface area contributed by atoms with Crippen molar-refractivity contribution in [3.63, 3.8) is 0 Å². The number of aromatic nitrogens is 4. The number of rotatable bonds is 8. The van der Waals surface area contributed by atoms with Gasteiger partial charge >= 0.3 is 0 Å². The number of aromatic amines is 1. The van der Waals surface area contributed by atoms with E-state index in [0.717, 1.165) is 46.8 Å². The number of benzene rings is 2. The molecule has 0 unspecified atom stereocenters. The molecule has 6 nitrogen and oxygen atoms in total. The Morgan fingerprint density at radius 1 is 0.889 bits per heavy atom. The molecule has 2 aromatic carbocycles. The standard InChI is InChI=1S/C21H20N4O2/c1-2-8-20-16(5-1)10-11-17(24-20)14-27-19-7-3-6-18(13-19)26-12-4-9-21-22-15-23-25-21/h1-3,5-8,10-11,13,15H,4,9,12,14H2,(H,22,23,25). The summed E-state index contributed by atoms with van der Waals surface area (Å²) in [6.07, 6.45) is 3.19. The summed E-state index contributed by atoms with van der Waals surface area (Å²) in [6, 6.07) is 19.8. The number of nitrogens with one attached hydrogen (secondary N) is 1. The monoisotopic (exact) mass is 360 g/mol. The molecule has 2 aromatic heterocycles. The topological polar surface area (TPSA) is 72.9 Å². The van der Waals surface area contributed by atoms with E-state index >= 15 is 0 Å². The van der Waals surface area contributed by atoms with Gasteiger partial charge in [-0.25, -0.2) is 9.97 Å². The molecule has 136 valence electrons. The molecule has 4 aromatic rings. The van der Waals surface area contributed by atoms with E-state index in [1.165, 1.54) is 6.33 Å². The Morgan fingerprint density at radius 3 is 2.67 bits per heavy atom. The van der Waals surface area contributed by atoms with Crippen molar-refractivity contribution in [3.8, 4) is 11.5 Å². The fourth-order valence-corrected chi connectivity index (χ4v) is 2.78. The lowest BCUT2D eigenvalue weighted by atomic mass is 10.2. The van der Waals surface area contributed by atoms with E-state index in [1.807, 2.05) is 48.5 Å². The zero-order valence-corrected chi connectivity index (χ0v) is 14.8. The van der Waals surface area contributed by atoms with Crippen molar-refractivity contribution >= 4 is 10.9 Å². The maximum absolute atomic E-state index is 5.88. The van der Waals surface area contributed by atoms with Crippen molar-refractivity contribution in [3.05, 3.63) is 78.5 Å². The summed E-state index contributed by atoms with van der Waals surface area (Å²) in [5.74, 6) is 2.42. The number of aryl methyl sites for hydroxylation is 1. The molecular weight excluding hydrogens is 340 g/mol. The second-order valence-electron chi connectivity index (χ2n) is 6.14. The van der Waals surface area contributed by atoms with Crippen molar-refractivity contribution in [2.45, 2.75) is 19.4 Å². The Morgan fingerprint density at radius 2 is 1.78 bits per heavy atom. The number of hydrogen-bond acceptors (Lipinski definition) is 5. The molecule has 27 heavy (non-hydrogen) atoms. The number of ether oxygens (including phenoxy) is 2. The van der Waals surface area contributed by atoms with Crippen LogP contribution < -0.4 is 9.47 Å². The summed E-state index contributed by atoms with van der Waals surface area (Å²) in [7, 11) is 0. The summed E-state index contributed by atoms with van der Waals surface area (Å²) in [6.45, 7) is 1.02. The maximum atomic E-state index is 5.88. The molecule has 0 radical (unpaired) electrons. The van der Waals surface area contributed by atoms with E-state index in [2.05, 4.69) is 32.3 Å². The fraction of sp³-hybridized carbons (Fsp3) is 0.190. The largest absolute Gasteiger partial charge is 0.493 e. The quantitative estimate of drug-likeness (QED) is 0.482. The second-order valence-corrected chi connectivity index (χ2v) is 6.14. The van der Waals surface area contributed by atoms with Crippen LogP contribution in [0.1, 0.15) is 17.9 Å². The summed E-state index contributed by atoms with van der Waals surface area (Å²) < 4.78 is 11.7. The first-order valence-corrected chi connectivity index (χ1v) is 8.91. The number of hydrogen-bond donors (Lipinski definition) is 1. The van der Waals surface area contributed by atoms with Crippen molar-refractivity contribution in [2.24, 2.45) is 0 Å². The number of pyridine rings is 1. The average molecular weight is 360 g/mol. The SMILES string of the molecule is c1cc(OCCCc2ncn[nH]2)cc(OCc2ccc3ccccc3n2)c1. The summed E-state index contributed by atoms with van der Waals surface area (Å²) >= 11 is 0. The molecule has 1 N–H and O–H groups in total. The van der Waals surface area contributed by atoms with E-state index in [4.69, 9.17) is 9.47 Å².